The van der Waals surface area contributed by atoms with Crippen molar-refractivity contribution >= 4 is 0 Å². The highest BCUT2D eigenvalue weighted by molar-refractivity contribution is 5.18. The standard InChI is InChI=1S/C15H26O/c1-10-5-6-11-12-7-8-14(4,15(10,12)16)9-13(11,2)3/h10-12,16H,5-9H2,1-4H3. The fourth-order valence-electron chi connectivity index (χ4n) is 5.96. The third-order valence-electron chi connectivity index (χ3n) is 6.54. The lowest BCUT2D eigenvalue weighted by molar-refractivity contribution is -0.216. The molecule has 16 heavy (non-hydrogen) atoms. The lowest BCUT2D eigenvalue weighted by Crippen LogP contribution is -2.63. The zero-order valence-electron chi connectivity index (χ0n) is 11.2. The topological polar surface area (TPSA) is 20.2 Å². The first kappa shape index (κ1) is 11.1. The van der Waals surface area contributed by atoms with Crippen LogP contribution in [0, 0.1) is 28.6 Å². The Morgan fingerprint density at radius 2 is 1.69 bits per heavy atom. The molecule has 3 saturated carbocycles. The quantitative estimate of drug-likeness (QED) is 0.664. The molecule has 0 aromatic rings. The van der Waals surface area contributed by atoms with Crippen LogP contribution in [0.25, 0.3) is 0 Å². The average molecular weight is 222 g/mol. The first-order valence-corrected chi connectivity index (χ1v) is 7.04. The van der Waals surface area contributed by atoms with Crippen LogP contribution in [0.5, 0.6) is 0 Å². The van der Waals surface area contributed by atoms with Gasteiger partial charge >= 0.3 is 0 Å². The van der Waals surface area contributed by atoms with Crippen LogP contribution in [0.3, 0.4) is 0 Å². The monoisotopic (exact) mass is 222 g/mol. The molecule has 1 heteroatoms. The van der Waals surface area contributed by atoms with Gasteiger partial charge in [-0.1, -0.05) is 27.7 Å². The van der Waals surface area contributed by atoms with E-state index in [1.54, 1.807) is 0 Å². The molecule has 1 nitrogen and oxygen atoms in total. The second kappa shape index (κ2) is 2.85. The highest BCUT2D eigenvalue weighted by Gasteiger charge is 2.68. The molecule has 0 spiro atoms. The summed E-state index contributed by atoms with van der Waals surface area (Å²) in [6.45, 7) is 9.51. The van der Waals surface area contributed by atoms with E-state index in [2.05, 4.69) is 27.7 Å². The van der Waals surface area contributed by atoms with Crippen molar-refractivity contribution in [2.45, 2.75) is 65.4 Å². The van der Waals surface area contributed by atoms with E-state index in [1.807, 2.05) is 0 Å². The molecule has 0 aromatic carbocycles. The van der Waals surface area contributed by atoms with E-state index < -0.39 is 0 Å². The van der Waals surface area contributed by atoms with E-state index >= 15 is 0 Å². The van der Waals surface area contributed by atoms with Gasteiger partial charge in [-0.05, 0) is 60.7 Å². The Morgan fingerprint density at radius 1 is 1.00 bits per heavy atom. The Balaban J connectivity index is 2.11. The molecular formula is C15H26O. The summed E-state index contributed by atoms with van der Waals surface area (Å²) in [5, 5.41) is 11.3. The van der Waals surface area contributed by atoms with Gasteiger partial charge in [-0.15, -0.1) is 0 Å². The van der Waals surface area contributed by atoms with Gasteiger partial charge in [-0.3, -0.25) is 0 Å². The van der Waals surface area contributed by atoms with Crippen molar-refractivity contribution in [3.05, 3.63) is 0 Å². The molecule has 0 aliphatic heterocycles. The molecule has 0 heterocycles. The van der Waals surface area contributed by atoms with Crippen molar-refractivity contribution in [1.82, 2.24) is 0 Å². The molecule has 5 unspecified atom stereocenters. The van der Waals surface area contributed by atoms with Crippen LogP contribution >= 0.6 is 0 Å². The maximum atomic E-state index is 11.3. The van der Waals surface area contributed by atoms with Gasteiger partial charge in [0, 0.05) is 0 Å². The SMILES string of the molecule is CC1CCC2C3CCC(C)(CC2(C)C)C13O. The fraction of sp³-hybridized carbons (Fsp3) is 1.00. The van der Waals surface area contributed by atoms with Crippen molar-refractivity contribution in [1.29, 1.82) is 0 Å². The van der Waals surface area contributed by atoms with Crippen molar-refractivity contribution < 1.29 is 5.11 Å². The minimum Gasteiger partial charge on any atom is -0.389 e. The highest BCUT2D eigenvalue weighted by atomic mass is 16.3. The van der Waals surface area contributed by atoms with Crippen LogP contribution in [0.1, 0.15) is 59.8 Å². The molecule has 0 radical (unpaired) electrons. The fourth-order valence-corrected chi connectivity index (χ4v) is 5.96. The summed E-state index contributed by atoms with van der Waals surface area (Å²) in [7, 11) is 0. The Hall–Kier alpha value is -0.0400. The van der Waals surface area contributed by atoms with Gasteiger partial charge in [0.2, 0.25) is 0 Å². The minimum absolute atomic E-state index is 0.192. The van der Waals surface area contributed by atoms with Gasteiger partial charge in [0.15, 0.2) is 0 Å². The lowest BCUT2D eigenvalue weighted by atomic mass is 9.46. The molecule has 3 aliphatic carbocycles. The lowest BCUT2D eigenvalue weighted by Gasteiger charge is -2.62. The molecule has 4 bridgehead atoms. The summed E-state index contributed by atoms with van der Waals surface area (Å²) in [5.74, 6) is 1.87. The summed E-state index contributed by atoms with van der Waals surface area (Å²) in [5.41, 5.74) is 0.297. The second-order valence-electron chi connectivity index (χ2n) is 7.78. The molecule has 0 aromatic heterocycles. The smallest absolute Gasteiger partial charge is 0.0757 e. The molecule has 3 aliphatic rings. The predicted molar refractivity (Wildman–Crippen MR) is 66.1 cm³/mol. The predicted octanol–water partition coefficient (Wildman–Crippen LogP) is 3.61. The van der Waals surface area contributed by atoms with Crippen molar-refractivity contribution in [3.63, 3.8) is 0 Å². The van der Waals surface area contributed by atoms with E-state index in [1.165, 1.54) is 32.1 Å². The number of rotatable bonds is 0. The second-order valence-corrected chi connectivity index (χ2v) is 7.78. The highest BCUT2D eigenvalue weighted by Crippen LogP contribution is 2.70. The van der Waals surface area contributed by atoms with E-state index in [0.717, 1.165) is 5.92 Å². The van der Waals surface area contributed by atoms with E-state index in [9.17, 15) is 5.11 Å². The molecule has 1 N–H and O–H groups in total. The number of hydrogen-bond acceptors (Lipinski definition) is 1. The zero-order valence-corrected chi connectivity index (χ0v) is 11.2. The van der Waals surface area contributed by atoms with Crippen molar-refractivity contribution in [2.24, 2.45) is 28.6 Å². The third-order valence-corrected chi connectivity index (χ3v) is 6.54. The van der Waals surface area contributed by atoms with Gasteiger partial charge in [0.05, 0.1) is 5.60 Å². The van der Waals surface area contributed by atoms with Crippen molar-refractivity contribution in [2.75, 3.05) is 0 Å². The van der Waals surface area contributed by atoms with Gasteiger partial charge < -0.3 is 5.11 Å². The Kier molecular flexibility index (Phi) is 1.98. The molecule has 92 valence electrons. The third kappa shape index (κ3) is 1.02. The normalized spacial score (nSPS) is 58.7. The van der Waals surface area contributed by atoms with Gasteiger partial charge in [0.25, 0.3) is 0 Å². The van der Waals surface area contributed by atoms with Crippen LogP contribution in [0.4, 0.5) is 0 Å². The molecule has 3 rings (SSSR count). The van der Waals surface area contributed by atoms with E-state index in [-0.39, 0.29) is 11.0 Å². The summed E-state index contributed by atoms with van der Waals surface area (Å²) in [4.78, 5) is 0. The molecular weight excluding hydrogens is 196 g/mol. The van der Waals surface area contributed by atoms with Gasteiger partial charge in [-0.2, -0.15) is 0 Å². The summed E-state index contributed by atoms with van der Waals surface area (Å²) in [6.07, 6.45) is 6.32. The van der Waals surface area contributed by atoms with Gasteiger partial charge in [0.1, 0.15) is 0 Å². The average Bonchev–Trinajstić information content (AvgIpc) is 2.36. The van der Waals surface area contributed by atoms with Crippen LogP contribution in [-0.2, 0) is 0 Å². The minimum atomic E-state index is -0.342. The number of hydrogen-bond donors (Lipinski definition) is 1. The van der Waals surface area contributed by atoms with Crippen LogP contribution in [0.15, 0.2) is 0 Å². The molecule has 0 saturated heterocycles. The summed E-state index contributed by atoms with van der Waals surface area (Å²) < 4.78 is 0. The Morgan fingerprint density at radius 3 is 2.38 bits per heavy atom. The summed E-state index contributed by atoms with van der Waals surface area (Å²) in [6, 6.07) is 0. The zero-order chi connectivity index (χ0) is 11.8. The largest absolute Gasteiger partial charge is 0.389 e. The molecule has 5 atom stereocenters. The van der Waals surface area contributed by atoms with Crippen molar-refractivity contribution in [3.8, 4) is 0 Å². The van der Waals surface area contributed by atoms with Crippen LogP contribution in [-0.4, -0.2) is 10.7 Å². The van der Waals surface area contributed by atoms with Crippen LogP contribution in [0.2, 0.25) is 0 Å². The molecule has 3 fully saturated rings. The first-order chi connectivity index (χ1) is 7.31. The number of aliphatic hydroxyl groups is 1. The Bertz CT molecular complexity index is 321. The first-order valence-electron chi connectivity index (χ1n) is 7.04. The summed E-state index contributed by atoms with van der Waals surface area (Å²) >= 11 is 0. The van der Waals surface area contributed by atoms with E-state index in [4.69, 9.17) is 0 Å². The molecule has 0 amide bonds. The van der Waals surface area contributed by atoms with Crippen LogP contribution < -0.4 is 0 Å². The van der Waals surface area contributed by atoms with E-state index in [0.29, 0.717) is 17.3 Å². The van der Waals surface area contributed by atoms with Gasteiger partial charge in [-0.25, -0.2) is 0 Å². The maximum Gasteiger partial charge on any atom is 0.0757 e. The maximum absolute atomic E-state index is 11.3. The Labute approximate surface area is 99.6 Å².